The summed E-state index contributed by atoms with van der Waals surface area (Å²) in [6.07, 6.45) is 8.95. The van der Waals surface area contributed by atoms with E-state index in [0.29, 0.717) is 0 Å². The van der Waals surface area contributed by atoms with Crippen LogP contribution in [0.2, 0.25) is 0 Å². The number of pyridine rings is 1. The molecule has 0 saturated carbocycles. The molecule has 1 rings (SSSR count). The molecule has 1 heteroatoms. The van der Waals surface area contributed by atoms with Gasteiger partial charge in [0, 0.05) is 12.4 Å². The minimum absolute atomic E-state index is 1.19. The molecule has 12 heavy (non-hydrogen) atoms. The molecule has 66 valence electrons. The third-order valence-corrected chi connectivity index (χ3v) is 2.20. The Morgan fingerprint density at radius 2 is 2.17 bits per heavy atom. The van der Waals surface area contributed by atoms with E-state index in [4.69, 9.17) is 0 Å². The number of aromatic nitrogens is 1. The van der Waals surface area contributed by atoms with Gasteiger partial charge in [0.05, 0.1) is 0 Å². The van der Waals surface area contributed by atoms with E-state index in [1.807, 2.05) is 12.4 Å². The fourth-order valence-electron chi connectivity index (χ4n) is 1.32. The average molecular weight is 163 g/mol. The van der Waals surface area contributed by atoms with Crippen LogP contribution in [0.1, 0.15) is 37.3 Å². The van der Waals surface area contributed by atoms with E-state index in [1.165, 1.54) is 36.8 Å². The number of rotatable bonds is 4. The average Bonchev–Trinajstić information content (AvgIpc) is 2.09. The van der Waals surface area contributed by atoms with Crippen molar-refractivity contribution in [3.63, 3.8) is 0 Å². The first-order valence-electron chi connectivity index (χ1n) is 4.74. The van der Waals surface area contributed by atoms with Crippen molar-refractivity contribution in [1.29, 1.82) is 0 Å². The predicted molar refractivity (Wildman–Crippen MR) is 52.2 cm³/mol. The SMILES string of the molecule is CCCCCc1cnccc1C. The van der Waals surface area contributed by atoms with Crippen LogP contribution < -0.4 is 0 Å². The van der Waals surface area contributed by atoms with Crippen LogP contribution in [0.4, 0.5) is 0 Å². The van der Waals surface area contributed by atoms with Gasteiger partial charge < -0.3 is 0 Å². The standard InChI is InChI=1S/C11H17N/c1-3-4-5-6-11-9-12-8-7-10(11)2/h7-9H,3-6H2,1-2H3. The molecule has 0 saturated heterocycles. The van der Waals surface area contributed by atoms with Crippen molar-refractivity contribution in [1.82, 2.24) is 4.98 Å². The van der Waals surface area contributed by atoms with Gasteiger partial charge in [0.25, 0.3) is 0 Å². The third-order valence-electron chi connectivity index (χ3n) is 2.20. The first-order valence-corrected chi connectivity index (χ1v) is 4.74. The second-order valence-electron chi connectivity index (χ2n) is 3.26. The highest BCUT2D eigenvalue weighted by Gasteiger charge is 1.96. The molecule has 0 spiro atoms. The zero-order valence-corrected chi connectivity index (χ0v) is 8.01. The summed E-state index contributed by atoms with van der Waals surface area (Å²) in [6.45, 7) is 4.39. The van der Waals surface area contributed by atoms with Crippen LogP contribution in [0.15, 0.2) is 18.5 Å². The van der Waals surface area contributed by atoms with Crippen molar-refractivity contribution < 1.29 is 0 Å². The molecular formula is C11H17N. The summed E-state index contributed by atoms with van der Waals surface area (Å²) in [5.74, 6) is 0. The summed E-state index contributed by atoms with van der Waals surface area (Å²) < 4.78 is 0. The lowest BCUT2D eigenvalue weighted by molar-refractivity contribution is 0.714. The highest BCUT2D eigenvalue weighted by molar-refractivity contribution is 5.21. The van der Waals surface area contributed by atoms with Gasteiger partial charge in [-0.3, -0.25) is 4.98 Å². The highest BCUT2D eigenvalue weighted by Crippen LogP contribution is 2.09. The van der Waals surface area contributed by atoms with E-state index in [9.17, 15) is 0 Å². The van der Waals surface area contributed by atoms with E-state index < -0.39 is 0 Å². The molecule has 0 aliphatic rings. The number of nitrogens with zero attached hydrogens (tertiary/aromatic N) is 1. The molecule has 0 aromatic carbocycles. The normalized spacial score (nSPS) is 10.2. The lowest BCUT2D eigenvalue weighted by Gasteiger charge is -2.02. The van der Waals surface area contributed by atoms with Crippen molar-refractivity contribution in [3.8, 4) is 0 Å². The van der Waals surface area contributed by atoms with Crippen LogP contribution >= 0.6 is 0 Å². The van der Waals surface area contributed by atoms with Crippen LogP contribution in [0.25, 0.3) is 0 Å². The smallest absolute Gasteiger partial charge is 0.0302 e. The predicted octanol–water partition coefficient (Wildman–Crippen LogP) is 3.12. The summed E-state index contributed by atoms with van der Waals surface area (Å²) >= 11 is 0. The van der Waals surface area contributed by atoms with E-state index in [1.54, 1.807) is 0 Å². The Morgan fingerprint density at radius 1 is 1.33 bits per heavy atom. The van der Waals surface area contributed by atoms with Crippen LogP contribution in [-0.2, 0) is 6.42 Å². The van der Waals surface area contributed by atoms with Gasteiger partial charge in [-0.1, -0.05) is 19.8 Å². The molecule has 0 N–H and O–H groups in total. The molecule has 0 aliphatic heterocycles. The molecule has 0 aliphatic carbocycles. The zero-order chi connectivity index (χ0) is 8.81. The monoisotopic (exact) mass is 163 g/mol. The Kier molecular flexibility index (Phi) is 3.78. The van der Waals surface area contributed by atoms with Gasteiger partial charge in [0.1, 0.15) is 0 Å². The Labute approximate surface area is 74.8 Å². The molecule has 0 bridgehead atoms. The van der Waals surface area contributed by atoms with Crippen molar-refractivity contribution in [2.75, 3.05) is 0 Å². The topological polar surface area (TPSA) is 12.9 Å². The number of hydrogen-bond acceptors (Lipinski definition) is 1. The Hall–Kier alpha value is -0.850. The third kappa shape index (κ3) is 2.65. The van der Waals surface area contributed by atoms with Gasteiger partial charge in [-0.2, -0.15) is 0 Å². The van der Waals surface area contributed by atoms with Gasteiger partial charge in [-0.25, -0.2) is 0 Å². The maximum Gasteiger partial charge on any atom is 0.0302 e. The zero-order valence-electron chi connectivity index (χ0n) is 8.01. The molecule has 0 unspecified atom stereocenters. The van der Waals surface area contributed by atoms with Gasteiger partial charge in [-0.05, 0) is 37.0 Å². The number of aryl methyl sites for hydroxylation is 2. The minimum Gasteiger partial charge on any atom is -0.264 e. The summed E-state index contributed by atoms with van der Waals surface area (Å²) in [4.78, 5) is 4.12. The lowest BCUT2D eigenvalue weighted by Crippen LogP contribution is -1.90. The Balaban J connectivity index is 2.46. The van der Waals surface area contributed by atoms with Crippen LogP contribution in [0.5, 0.6) is 0 Å². The highest BCUT2D eigenvalue weighted by atomic mass is 14.6. The maximum atomic E-state index is 4.12. The van der Waals surface area contributed by atoms with E-state index in [-0.39, 0.29) is 0 Å². The lowest BCUT2D eigenvalue weighted by atomic mass is 10.1. The summed E-state index contributed by atoms with van der Waals surface area (Å²) in [5, 5.41) is 0. The first-order chi connectivity index (χ1) is 5.84. The minimum atomic E-state index is 1.19. The molecule has 0 atom stereocenters. The summed E-state index contributed by atoms with van der Waals surface area (Å²) in [5.41, 5.74) is 2.78. The van der Waals surface area contributed by atoms with Gasteiger partial charge in [0.15, 0.2) is 0 Å². The fraction of sp³-hybridized carbons (Fsp3) is 0.545. The van der Waals surface area contributed by atoms with Crippen LogP contribution in [0.3, 0.4) is 0 Å². The second kappa shape index (κ2) is 4.91. The van der Waals surface area contributed by atoms with Gasteiger partial charge in [-0.15, -0.1) is 0 Å². The molecular weight excluding hydrogens is 146 g/mol. The molecule has 1 nitrogen and oxygen atoms in total. The first kappa shape index (κ1) is 9.24. The molecule has 1 aromatic rings. The van der Waals surface area contributed by atoms with E-state index >= 15 is 0 Å². The molecule has 1 aromatic heterocycles. The van der Waals surface area contributed by atoms with Crippen molar-refractivity contribution in [2.24, 2.45) is 0 Å². The van der Waals surface area contributed by atoms with Crippen molar-refractivity contribution in [2.45, 2.75) is 39.5 Å². The Morgan fingerprint density at radius 3 is 2.83 bits per heavy atom. The van der Waals surface area contributed by atoms with Crippen LogP contribution in [0, 0.1) is 6.92 Å². The van der Waals surface area contributed by atoms with Gasteiger partial charge >= 0.3 is 0 Å². The molecule has 0 amide bonds. The summed E-state index contributed by atoms with van der Waals surface area (Å²) in [6, 6.07) is 2.08. The second-order valence-corrected chi connectivity index (χ2v) is 3.26. The summed E-state index contributed by atoms with van der Waals surface area (Å²) in [7, 11) is 0. The molecule has 1 heterocycles. The number of unbranched alkanes of at least 4 members (excludes halogenated alkanes) is 2. The van der Waals surface area contributed by atoms with E-state index in [2.05, 4.69) is 24.9 Å². The van der Waals surface area contributed by atoms with Crippen LogP contribution in [-0.4, -0.2) is 4.98 Å². The van der Waals surface area contributed by atoms with Crippen molar-refractivity contribution in [3.05, 3.63) is 29.6 Å². The maximum absolute atomic E-state index is 4.12. The Bertz CT molecular complexity index is 230. The quantitative estimate of drug-likeness (QED) is 0.621. The fourth-order valence-corrected chi connectivity index (χ4v) is 1.32. The van der Waals surface area contributed by atoms with Crippen molar-refractivity contribution >= 4 is 0 Å². The largest absolute Gasteiger partial charge is 0.264 e. The van der Waals surface area contributed by atoms with Gasteiger partial charge in [0.2, 0.25) is 0 Å². The number of hydrogen-bond donors (Lipinski definition) is 0. The van der Waals surface area contributed by atoms with E-state index in [0.717, 1.165) is 0 Å². The molecule has 0 radical (unpaired) electrons. The molecule has 0 fully saturated rings.